The van der Waals surface area contributed by atoms with Gasteiger partial charge in [0.25, 0.3) is 0 Å². The maximum Gasteiger partial charge on any atom is 0.305 e. The molecule has 2 aliphatic rings. The molecule has 0 bridgehead atoms. The summed E-state index contributed by atoms with van der Waals surface area (Å²) in [6.45, 7) is 5.17. The van der Waals surface area contributed by atoms with Crippen molar-refractivity contribution in [3.63, 3.8) is 0 Å². The third-order valence-corrected chi connectivity index (χ3v) is 3.92. The Hall–Kier alpha value is -1.52. The summed E-state index contributed by atoms with van der Waals surface area (Å²) >= 11 is 0. The van der Waals surface area contributed by atoms with Crippen molar-refractivity contribution in [3.8, 4) is 0 Å². The zero-order valence-electron chi connectivity index (χ0n) is 11.5. The smallest absolute Gasteiger partial charge is 0.305 e. The molecule has 0 aromatic rings. The zero-order chi connectivity index (χ0) is 14.0. The Morgan fingerprint density at radius 2 is 2.05 bits per heavy atom. The number of rotatable bonds is 3. The maximum atomic E-state index is 11.1. The van der Waals surface area contributed by atoms with Gasteiger partial charge in [0.1, 0.15) is 6.61 Å². The fourth-order valence-corrected chi connectivity index (χ4v) is 3.04. The molecule has 1 heterocycles. The minimum Gasteiger partial charge on any atom is -0.462 e. The van der Waals surface area contributed by atoms with Crippen molar-refractivity contribution in [1.29, 1.82) is 0 Å². The lowest BCUT2D eigenvalue weighted by atomic mass is 9.84. The first-order valence-electron chi connectivity index (χ1n) is 6.64. The highest BCUT2D eigenvalue weighted by Crippen LogP contribution is 2.46. The van der Waals surface area contributed by atoms with E-state index in [9.17, 15) is 9.59 Å². The fourth-order valence-electron chi connectivity index (χ4n) is 3.04. The van der Waals surface area contributed by atoms with E-state index >= 15 is 0 Å². The molecule has 2 rings (SSSR count). The lowest BCUT2D eigenvalue weighted by molar-refractivity contribution is -0.185. The van der Waals surface area contributed by atoms with Gasteiger partial charge in [-0.15, -0.1) is 0 Å². The Labute approximate surface area is 112 Å². The van der Waals surface area contributed by atoms with Gasteiger partial charge in [-0.1, -0.05) is 6.92 Å². The van der Waals surface area contributed by atoms with Crippen LogP contribution in [0.3, 0.4) is 0 Å². The summed E-state index contributed by atoms with van der Waals surface area (Å²) in [6, 6.07) is 0. The molecular formula is C14H20O5. The van der Waals surface area contributed by atoms with Crippen molar-refractivity contribution in [3.05, 3.63) is 11.8 Å². The molecule has 0 aromatic heterocycles. The Morgan fingerprint density at radius 1 is 1.32 bits per heavy atom. The molecule has 0 N–H and O–H groups in total. The first kappa shape index (κ1) is 13.9. The molecule has 1 fully saturated rings. The summed E-state index contributed by atoms with van der Waals surface area (Å²) in [4.78, 5) is 22.0. The van der Waals surface area contributed by atoms with Gasteiger partial charge in [-0.25, -0.2) is 0 Å². The molecule has 19 heavy (non-hydrogen) atoms. The summed E-state index contributed by atoms with van der Waals surface area (Å²) in [5.41, 5.74) is 0.980. The summed E-state index contributed by atoms with van der Waals surface area (Å²) in [7, 11) is 0. The minimum absolute atomic E-state index is 0.152. The van der Waals surface area contributed by atoms with Crippen LogP contribution in [-0.2, 0) is 23.8 Å². The van der Waals surface area contributed by atoms with Crippen LogP contribution in [0.1, 0.15) is 33.6 Å². The van der Waals surface area contributed by atoms with Gasteiger partial charge >= 0.3 is 11.9 Å². The SMILES string of the molecule is CC(=O)OCC1=CO[C@H](OC(C)=O)[C@H]2[C@H](C)CC[C@@H]12. The lowest BCUT2D eigenvalue weighted by Crippen LogP contribution is -2.37. The number of carbonyl (C=O) groups excluding carboxylic acids is 2. The molecule has 106 valence electrons. The molecule has 0 aromatic carbocycles. The normalized spacial score (nSPS) is 32.9. The second-order valence-electron chi connectivity index (χ2n) is 5.33. The Bertz CT molecular complexity index is 401. The number of hydrogen-bond donors (Lipinski definition) is 0. The predicted molar refractivity (Wildman–Crippen MR) is 66.7 cm³/mol. The zero-order valence-corrected chi connectivity index (χ0v) is 11.5. The molecule has 0 saturated heterocycles. The molecule has 0 spiro atoms. The van der Waals surface area contributed by atoms with Crippen LogP contribution in [0.25, 0.3) is 0 Å². The molecule has 0 amide bonds. The highest BCUT2D eigenvalue weighted by atomic mass is 16.7. The summed E-state index contributed by atoms with van der Waals surface area (Å²) in [5, 5.41) is 0. The van der Waals surface area contributed by atoms with Crippen LogP contribution in [0.5, 0.6) is 0 Å². The van der Waals surface area contributed by atoms with Gasteiger partial charge < -0.3 is 14.2 Å². The van der Waals surface area contributed by atoms with Crippen molar-refractivity contribution >= 4 is 11.9 Å². The van der Waals surface area contributed by atoms with Crippen molar-refractivity contribution < 1.29 is 23.8 Å². The average Bonchev–Trinajstić information content (AvgIpc) is 2.70. The van der Waals surface area contributed by atoms with E-state index in [0.29, 0.717) is 5.92 Å². The van der Waals surface area contributed by atoms with Gasteiger partial charge in [0, 0.05) is 25.3 Å². The van der Waals surface area contributed by atoms with Gasteiger partial charge in [0.15, 0.2) is 0 Å². The number of ether oxygens (including phenoxy) is 3. The van der Waals surface area contributed by atoms with E-state index in [2.05, 4.69) is 6.92 Å². The summed E-state index contributed by atoms with van der Waals surface area (Å²) < 4.78 is 15.8. The van der Waals surface area contributed by atoms with Crippen LogP contribution in [-0.4, -0.2) is 24.8 Å². The van der Waals surface area contributed by atoms with Crippen LogP contribution in [0.4, 0.5) is 0 Å². The fraction of sp³-hybridized carbons (Fsp3) is 0.714. The first-order chi connectivity index (χ1) is 8.99. The van der Waals surface area contributed by atoms with Crippen LogP contribution < -0.4 is 0 Å². The molecule has 5 nitrogen and oxygen atoms in total. The molecule has 4 atom stereocenters. The number of fused-ring (bicyclic) bond motifs is 1. The third-order valence-electron chi connectivity index (χ3n) is 3.92. The van der Waals surface area contributed by atoms with Crippen molar-refractivity contribution in [2.75, 3.05) is 6.61 Å². The van der Waals surface area contributed by atoms with Crippen LogP contribution in [0.15, 0.2) is 11.8 Å². The molecule has 0 unspecified atom stereocenters. The van der Waals surface area contributed by atoms with E-state index in [1.54, 1.807) is 6.26 Å². The van der Waals surface area contributed by atoms with Crippen LogP contribution >= 0.6 is 0 Å². The molecular weight excluding hydrogens is 248 g/mol. The van der Waals surface area contributed by atoms with Gasteiger partial charge in [-0.3, -0.25) is 9.59 Å². The van der Waals surface area contributed by atoms with Gasteiger partial charge in [0.2, 0.25) is 6.29 Å². The number of hydrogen-bond acceptors (Lipinski definition) is 5. The van der Waals surface area contributed by atoms with E-state index in [0.717, 1.165) is 18.4 Å². The Morgan fingerprint density at radius 3 is 2.68 bits per heavy atom. The second kappa shape index (κ2) is 5.63. The van der Waals surface area contributed by atoms with E-state index in [1.807, 2.05) is 0 Å². The highest BCUT2D eigenvalue weighted by Gasteiger charge is 2.45. The summed E-state index contributed by atoms with van der Waals surface area (Å²) in [6.07, 6.45) is 3.16. The lowest BCUT2D eigenvalue weighted by Gasteiger charge is -2.35. The van der Waals surface area contributed by atoms with Crippen molar-refractivity contribution in [2.24, 2.45) is 17.8 Å². The largest absolute Gasteiger partial charge is 0.462 e. The van der Waals surface area contributed by atoms with Gasteiger partial charge in [-0.05, 0) is 24.7 Å². The topological polar surface area (TPSA) is 61.8 Å². The maximum absolute atomic E-state index is 11.1. The van der Waals surface area contributed by atoms with Crippen molar-refractivity contribution in [2.45, 2.75) is 39.9 Å². The monoisotopic (exact) mass is 268 g/mol. The second-order valence-corrected chi connectivity index (χ2v) is 5.33. The molecule has 1 aliphatic heterocycles. The third kappa shape index (κ3) is 3.08. The Kier molecular flexibility index (Phi) is 4.12. The number of carbonyl (C=O) groups is 2. The van der Waals surface area contributed by atoms with E-state index in [1.165, 1.54) is 13.8 Å². The predicted octanol–water partition coefficient (Wildman–Crippen LogP) is 2.02. The van der Waals surface area contributed by atoms with Gasteiger partial charge in [0.05, 0.1) is 6.26 Å². The first-order valence-corrected chi connectivity index (χ1v) is 6.64. The van der Waals surface area contributed by atoms with E-state index in [-0.39, 0.29) is 30.4 Å². The molecule has 5 heteroatoms. The van der Waals surface area contributed by atoms with E-state index in [4.69, 9.17) is 14.2 Å². The minimum atomic E-state index is -0.513. The molecule has 1 aliphatic carbocycles. The summed E-state index contributed by atoms with van der Waals surface area (Å²) in [5.74, 6) is 0.215. The van der Waals surface area contributed by atoms with Gasteiger partial charge in [-0.2, -0.15) is 0 Å². The average molecular weight is 268 g/mol. The quantitative estimate of drug-likeness (QED) is 0.733. The van der Waals surface area contributed by atoms with Crippen molar-refractivity contribution in [1.82, 2.24) is 0 Å². The van der Waals surface area contributed by atoms with Crippen LogP contribution in [0.2, 0.25) is 0 Å². The van der Waals surface area contributed by atoms with Crippen LogP contribution in [0, 0.1) is 17.8 Å². The highest BCUT2D eigenvalue weighted by molar-refractivity contribution is 5.66. The standard InChI is InChI=1S/C14H20O5/c1-8-4-5-12-11(6-17-9(2)15)7-18-14(13(8)12)19-10(3)16/h7-8,12-14H,4-6H2,1-3H3/t8-,12+,13+,14-/m1/s1. The van der Waals surface area contributed by atoms with E-state index < -0.39 is 6.29 Å². The molecule has 1 saturated carbocycles. The molecule has 0 radical (unpaired) electrons. The number of esters is 2. The Balaban J connectivity index is 2.10.